The van der Waals surface area contributed by atoms with Crippen LogP contribution in [-0.2, 0) is 11.3 Å². The van der Waals surface area contributed by atoms with Crippen molar-refractivity contribution in [2.45, 2.75) is 39.5 Å². The molecule has 2 heterocycles. The number of nitrogens with zero attached hydrogens (tertiary/aromatic N) is 2. The SMILES string of the molecule is CCNc1cccc(CN2C[C@@H](C)O[C@@H](C)C2)n1. The zero-order valence-corrected chi connectivity index (χ0v) is 11.5. The van der Waals surface area contributed by atoms with Crippen molar-refractivity contribution in [3.8, 4) is 0 Å². The van der Waals surface area contributed by atoms with Crippen molar-refractivity contribution < 1.29 is 4.74 Å². The smallest absolute Gasteiger partial charge is 0.126 e. The van der Waals surface area contributed by atoms with Crippen molar-refractivity contribution >= 4 is 5.82 Å². The van der Waals surface area contributed by atoms with Crippen LogP contribution in [-0.4, -0.2) is 41.7 Å². The van der Waals surface area contributed by atoms with Gasteiger partial charge in [0.1, 0.15) is 5.82 Å². The first kappa shape index (κ1) is 13.3. The Hall–Kier alpha value is -1.13. The lowest BCUT2D eigenvalue weighted by atomic mass is 10.2. The van der Waals surface area contributed by atoms with Gasteiger partial charge < -0.3 is 10.1 Å². The molecule has 2 rings (SSSR count). The number of nitrogens with one attached hydrogen (secondary N) is 1. The van der Waals surface area contributed by atoms with Crippen LogP contribution in [0.4, 0.5) is 5.82 Å². The van der Waals surface area contributed by atoms with Gasteiger partial charge in [0.15, 0.2) is 0 Å². The van der Waals surface area contributed by atoms with Crippen LogP contribution in [0.2, 0.25) is 0 Å². The van der Waals surface area contributed by atoms with Gasteiger partial charge in [-0.05, 0) is 32.9 Å². The Kier molecular flexibility index (Phi) is 4.55. The minimum Gasteiger partial charge on any atom is -0.373 e. The lowest BCUT2D eigenvalue weighted by Gasteiger charge is -2.35. The van der Waals surface area contributed by atoms with Crippen LogP contribution >= 0.6 is 0 Å². The molecule has 0 spiro atoms. The number of anilines is 1. The molecule has 0 aromatic carbocycles. The number of hydrogen-bond donors (Lipinski definition) is 1. The molecule has 0 bridgehead atoms. The van der Waals surface area contributed by atoms with E-state index >= 15 is 0 Å². The number of morpholine rings is 1. The Balaban J connectivity index is 1.97. The normalized spacial score (nSPS) is 25.1. The maximum atomic E-state index is 5.74. The molecule has 1 aliphatic heterocycles. The van der Waals surface area contributed by atoms with Gasteiger partial charge in [-0.1, -0.05) is 6.07 Å². The van der Waals surface area contributed by atoms with Crippen molar-refractivity contribution in [2.24, 2.45) is 0 Å². The Morgan fingerprint density at radius 2 is 2.06 bits per heavy atom. The summed E-state index contributed by atoms with van der Waals surface area (Å²) in [6, 6.07) is 6.16. The summed E-state index contributed by atoms with van der Waals surface area (Å²) in [6.07, 6.45) is 0.622. The molecule has 1 aromatic rings. The summed E-state index contributed by atoms with van der Waals surface area (Å²) >= 11 is 0. The Morgan fingerprint density at radius 3 is 2.72 bits per heavy atom. The van der Waals surface area contributed by atoms with Crippen molar-refractivity contribution in [2.75, 3.05) is 25.0 Å². The molecule has 18 heavy (non-hydrogen) atoms. The summed E-state index contributed by atoms with van der Waals surface area (Å²) < 4.78 is 5.74. The number of hydrogen-bond acceptors (Lipinski definition) is 4. The Bertz CT molecular complexity index is 373. The molecule has 0 amide bonds. The first-order chi connectivity index (χ1) is 8.67. The van der Waals surface area contributed by atoms with Gasteiger partial charge in [-0.3, -0.25) is 4.90 Å². The van der Waals surface area contributed by atoms with Crippen LogP contribution in [0.15, 0.2) is 18.2 Å². The fourth-order valence-electron chi connectivity index (χ4n) is 2.49. The summed E-state index contributed by atoms with van der Waals surface area (Å²) in [5.41, 5.74) is 1.12. The molecule has 0 aliphatic carbocycles. The molecule has 0 saturated carbocycles. The molecule has 1 N–H and O–H groups in total. The van der Waals surface area contributed by atoms with Crippen molar-refractivity contribution in [1.82, 2.24) is 9.88 Å². The third-order valence-electron chi connectivity index (χ3n) is 3.05. The summed E-state index contributed by atoms with van der Waals surface area (Å²) in [7, 11) is 0. The van der Waals surface area contributed by atoms with Gasteiger partial charge >= 0.3 is 0 Å². The zero-order chi connectivity index (χ0) is 13.0. The number of aromatic nitrogens is 1. The van der Waals surface area contributed by atoms with E-state index in [4.69, 9.17) is 4.74 Å². The first-order valence-electron chi connectivity index (χ1n) is 6.75. The summed E-state index contributed by atoms with van der Waals surface area (Å²) in [6.45, 7) is 10.1. The van der Waals surface area contributed by atoms with E-state index in [0.717, 1.165) is 37.7 Å². The van der Waals surface area contributed by atoms with E-state index in [9.17, 15) is 0 Å². The highest BCUT2D eigenvalue weighted by atomic mass is 16.5. The number of ether oxygens (including phenoxy) is 1. The topological polar surface area (TPSA) is 37.4 Å². The lowest BCUT2D eigenvalue weighted by molar-refractivity contribution is -0.0707. The Morgan fingerprint density at radius 1 is 1.33 bits per heavy atom. The third-order valence-corrected chi connectivity index (χ3v) is 3.05. The van der Waals surface area contributed by atoms with Crippen LogP contribution in [0.25, 0.3) is 0 Å². The second kappa shape index (κ2) is 6.16. The highest BCUT2D eigenvalue weighted by molar-refractivity contribution is 5.34. The van der Waals surface area contributed by atoms with Gasteiger partial charge in [0, 0.05) is 26.2 Å². The minimum atomic E-state index is 0.311. The van der Waals surface area contributed by atoms with Gasteiger partial charge in [-0.2, -0.15) is 0 Å². The Labute approximate surface area is 109 Å². The summed E-state index contributed by atoms with van der Waals surface area (Å²) in [5.74, 6) is 0.962. The van der Waals surface area contributed by atoms with E-state index in [2.05, 4.69) is 48.1 Å². The average molecular weight is 249 g/mol. The van der Waals surface area contributed by atoms with Crippen molar-refractivity contribution in [3.63, 3.8) is 0 Å². The second-order valence-corrected chi connectivity index (χ2v) is 5.00. The zero-order valence-electron chi connectivity index (χ0n) is 11.5. The molecule has 1 fully saturated rings. The second-order valence-electron chi connectivity index (χ2n) is 5.00. The molecule has 4 nitrogen and oxygen atoms in total. The molecule has 100 valence electrons. The number of pyridine rings is 1. The maximum absolute atomic E-state index is 5.74. The highest BCUT2D eigenvalue weighted by Crippen LogP contribution is 2.14. The van der Waals surface area contributed by atoms with Crippen molar-refractivity contribution in [3.05, 3.63) is 23.9 Å². The molecule has 1 saturated heterocycles. The first-order valence-corrected chi connectivity index (χ1v) is 6.75. The number of rotatable bonds is 4. The molecule has 4 heteroatoms. The molecule has 0 unspecified atom stereocenters. The van der Waals surface area contributed by atoms with Crippen LogP contribution in [0.5, 0.6) is 0 Å². The van der Waals surface area contributed by atoms with Crippen LogP contribution in [0, 0.1) is 0 Å². The van der Waals surface area contributed by atoms with Crippen LogP contribution in [0.3, 0.4) is 0 Å². The highest BCUT2D eigenvalue weighted by Gasteiger charge is 2.22. The van der Waals surface area contributed by atoms with Gasteiger partial charge in [-0.15, -0.1) is 0 Å². The van der Waals surface area contributed by atoms with E-state index in [1.807, 2.05) is 6.07 Å². The summed E-state index contributed by atoms with van der Waals surface area (Å²) in [5, 5.41) is 3.25. The third kappa shape index (κ3) is 3.68. The maximum Gasteiger partial charge on any atom is 0.126 e. The quantitative estimate of drug-likeness (QED) is 0.887. The van der Waals surface area contributed by atoms with Crippen LogP contribution in [0.1, 0.15) is 26.5 Å². The molecule has 0 radical (unpaired) electrons. The lowest BCUT2D eigenvalue weighted by Crippen LogP contribution is -2.44. The van der Waals surface area contributed by atoms with Gasteiger partial charge in [0.25, 0.3) is 0 Å². The fourth-order valence-corrected chi connectivity index (χ4v) is 2.49. The van der Waals surface area contributed by atoms with E-state index in [1.165, 1.54) is 0 Å². The molecule has 1 aliphatic rings. The molecular formula is C14H23N3O. The largest absolute Gasteiger partial charge is 0.373 e. The van der Waals surface area contributed by atoms with E-state index in [1.54, 1.807) is 0 Å². The molecule has 1 aromatic heterocycles. The monoisotopic (exact) mass is 249 g/mol. The fraction of sp³-hybridized carbons (Fsp3) is 0.643. The summed E-state index contributed by atoms with van der Waals surface area (Å²) in [4.78, 5) is 7.03. The predicted molar refractivity (Wildman–Crippen MR) is 73.7 cm³/mol. The minimum absolute atomic E-state index is 0.311. The van der Waals surface area contributed by atoms with Crippen molar-refractivity contribution in [1.29, 1.82) is 0 Å². The van der Waals surface area contributed by atoms with Gasteiger partial charge in [0.05, 0.1) is 17.9 Å². The van der Waals surface area contributed by atoms with Crippen LogP contribution < -0.4 is 5.32 Å². The predicted octanol–water partition coefficient (Wildman–Crippen LogP) is 2.12. The van der Waals surface area contributed by atoms with E-state index in [-0.39, 0.29) is 0 Å². The van der Waals surface area contributed by atoms with Gasteiger partial charge in [-0.25, -0.2) is 4.98 Å². The van der Waals surface area contributed by atoms with E-state index in [0.29, 0.717) is 12.2 Å². The average Bonchev–Trinajstić information content (AvgIpc) is 2.28. The molecular weight excluding hydrogens is 226 g/mol. The van der Waals surface area contributed by atoms with E-state index < -0.39 is 0 Å². The van der Waals surface area contributed by atoms with Gasteiger partial charge in [0.2, 0.25) is 0 Å². The molecule has 2 atom stereocenters. The standard InChI is InChI=1S/C14H23N3O/c1-4-15-14-7-5-6-13(16-14)10-17-8-11(2)18-12(3)9-17/h5-7,11-12H,4,8-10H2,1-3H3,(H,15,16)/t11-,12+.